The number of imidazole rings is 1. The van der Waals surface area contributed by atoms with Crippen LogP contribution in [0.1, 0.15) is 16.7 Å². The number of halogens is 3. The van der Waals surface area contributed by atoms with E-state index in [0.29, 0.717) is 11.1 Å². The number of hydrogen-bond acceptors (Lipinski definition) is 3. The van der Waals surface area contributed by atoms with Gasteiger partial charge in [-0.05, 0) is 54.8 Å². The third-order valence-corrected chi connectivity index (χ3v) is 5.24. The minimum absolute atomic E-state index is 0.0180. The number of rotatable bonds is 2. The number of aromatic nitrogens is 2. The summed E-state index contributed by atoms with van der Waals surface area (Å²) in [5.74, 6) is -0.568. The van der Waals surface area contributed by atoms with E-state index in [0.717, 1.165) is 33.9 Å². The van der Waals surface area contributed by atoms with Crippen molar-refractivity contribution in [1.82, 2.24) is 9.55 Å². The van der Waals surface area contributed by atoms with Crippen LogP contribution in [-0.4, -0.2) is 19.8 Å². The molecule has 0 aliphatic heterocycles. The molecule has 0 fully saturated rings. The summed E-state index contributed by atoms with van der Waals surface area (Å²) >= 11 is 0. The highest BCUT2D eigenvalue weighted by Gasteiger charge is 2.31. The summed E-state index contributed by atoms with van der Waals surface area (Å²) < 4.78 is 40.1. The maximum absolute atomic E-state index is 13.0. The Labute approximate surface area is 168 Å². The van der Waals surface area contributed by atoms with Gasteiger partial charge in [-0.1, -0.05) is 18.2 Å². The number of benzene rings is 3. The summed E-state index contributed by atoms with van der Waals surface area (Å²) in [5.41, 5.74) is 1.58. The highest BCUT2D eigenvalue weighted by molar-refractivity contribution is 5.82. The van der Waals surface area contributed by atoms with Crippen LogP contribution in [0, 0.1) is 13.8 Å². The summed E-state index contributed by atoms with van der Waals surface area (Å²) in [6.07, 6.45) is -4.55. The number of aromatic amines is 1. The number of aryl methyl sites for hydroxylation is 1. The number of alkyl halides is 3. The highest BCUT2D eigenvalue weighted by atomic mass is 19.4. The first-order chi connectivity index (χ1) is 14.1. The van der Waals surface area contributed by atoms with Gasteiger partial charge in [0.1, 0.15) is 11.5 Å². The molecule has 0 bridgehead atoms. The SMILES string of the molecule is Cc1cccc(-c2cc(-n3c(=O)[nH]c4cc(C(F)(F)F)ccc43)c(O)cc2O)c1C. The zero-order valence-electron chi connectivity index (χ0n) is 16.0. The first-order valence-corrected chi connectivity index (χ1v) is 9.03. The lowest BCUT2D eigenvalue weighted by molar-refractivity contribution is -0.137. The van der Waals surface area contributed by atoms with Crippen molar-refractivity contribution >= 4 is 11.0 Å². The molecule has 0 saturated heterocycles. The van der Waals surface area contributed by atoms with Gasteiger partial charge in [-0.2, -0.15) is 13.2 Å². The zero-order valence-corrected chi connectivity index (χ0v) is 16.0. The van der Waals surface area contributed by atoms with Crippen LogP contribution in [0.3, 0.4) is 0 Å². The Kier molecular flexibility index (Phi) is 4.38. The lowest BCUT2D eigenvalue weighted by atomic mass is 9.96. The molecule has 0 saturated carbocycles. The van der Waals surface area contributed by atoms with Crippen LogP contribution in [0.2, 0.25) is 0 Å². The number of H-pyrrole nitrogens is 1. The number of phenolic OH excluding ortho intramolecular Hbond substituents is 2. The van der Waals surface area contributed by atoms with Crippen molar-refractivity contribution in [3.8, 4) is 28.3 Å². The van der Waals surface area contributed by atoms with Crippen molar-refractivity contribution in [2.45, 2.75) is 20.0 Å². The Morgan fingerprint density at radius 1 is 0.933 bits per heavy atom. The van der Waals surface area contributed by atoms with E-state index in [9.17, 15) is 28.2 Å². The minimum Gasteiger partial charge on any atom is -0.507 e. The maximum Gasteiger partial charge on any atom is 0.416 e. The van der Waals surface area contributed by atoms with Gasteiger partial charge in [0, 0.05) is 11.6 Å². The predicted molar refractivity (Wildman–Crippen MR) is 107 cm³/mol. The van der Waals surface area contributed by atoms with E-state index in [2.05, 4.69) is 4.98 Å². The fourth-order valence-electron chi connectivity index (χ4n) is 3.53. The van der Waals surface area contributed by atoms with E-state index in [1.54, 1.807) is 6.07 Å². The second-order valence-electron chi connectivity index (χ2n) is 7.10. The standard InChI is InChI=1S/C22H17F3N2O3/c1-11-4-3-5-14(12(11)2)15-9-18(20(29)10-19(15)28)27-17-7-6-13(22(23,24)25)8-16(17)26-21(27)30/h3-10,28-29H,1-2H3,(H,26,30). The molecular formula is C22H17F3N2O3. The van der Waals surface area contributed by atoms with E-state index >= 15 is 0 Å². The molecule has 30 heavy (non-hydrogen) atoms. The molecule has 4 aromatic rings. The van der Waals surface area contributed by atoms with Gasteiger partial charge >= 0.3 is 11.9 Å². The molecule has 3 N–H and O–H groups in total. The first kappa shape index (κ1) is 19.6. The fourth-order valence-corrected chi connectivity index (χ4v) is 3.53. The quantitative estimate of drug-likeness (QED) is 0.430. The summed E-state index contributed by atoms with van der Waals surface area (Å²) in [7, 11) is 0. The smallest absolute Gasteiger partial charge is 0.416 e. The van der Waals surface area contributed by atoms with E-state index in [4.69, 9.17) is 0 Å². The van der Waals surface area contributed by atoms with Crippen LogP contribution in [0.4, 0.5) is 13.2 Å². The van der Waals surface area contributed by atoms with Crippen molar-refractivity contribution in [3.05, 3.63) is 75.7 Å². The molecule has 0 aliphatic carbocycles. The normalized spacial score (nSPS) is 11.9. The van der Waals surface area contributed by atoms with Crippen LogP contribution in [-0.2, 0) is 6.18 Å². The first-order valence-electron chi connectivity index (χ1n) is 9.03. The summed E-state index contributed by atoms with van der Waals surface area (Å²) in [4.78, 5) is 15.0. The highest BCUT2D eigenvalue weighted by Crippen LogP contribution is 2.39. The third-order valence-electron chi connectivity index (χ3n) is 5.24. The second kappa shape index (κ2) is 6.69. The molecule has 1 heterocycles. The molecule has 0 spiro atoms. The summed E-state index contributed by atoms with van der Waals surface area (Å²) in [6, 6.07) is 11.0. The van der Waals surface area contributed by atoms with Crippen molar-refractivity contribution in [1.29, 1.82) is 0 Å². The molecule has 4 rings (SSSR count). The largest absolute Gasteiger partial charge is 0.507 e. The van der Waals surface area contributed by atoms with E-state index in [1.165, 1.54) is 12.1 Å². The molecule has 0 unspecified atom stereocenters. The van der Waals surface area contributed by atoms with E-state index < -0.39 is 17.4 Å². The lowest BCUT2D eigenvalue weighted by Gasteiger charge is -2.14. The van der Waals surface area contributed by atoms with E-state index in [-0.39, 0.29) is 28.2 Å². The van der Waals surface area contributed by atoms with Gasteiger partial charge in [0.15, 0.2) is 0 Å². The van der Waals surface area contributed by atoms with Crippen molar-refractivity contribution < 1.29 is 23.4 Å². The molecule has 0 amide bonds. The van der Waals surface area contributed by atoms with Gasteiger partial charge in [-0.3, -0.25) is 4.57 Å². The molecule has 0 atom stereocenters. The molecule has 8 heteroatoms. The number of fused-ring (bicyclic) bond motifs is 1. The van der Waals surface area contributed by atoms with E-state index in [1.807, 2.05) is 26.0 Å². The third kappa shape index (κ3) is 3.10. The topological polar surface area (TPSA) is 78.2 Å². The number of nitrogens with zero attached hydrogens (tertiary/aromatic N) is 1. The number of aromatic hydroxyl groups is 2. The van der Waals surface area contributed by atoms with Gasteiger partial charge in [-0.25, -0.2) is 4.79 Å². The Morgan fingerprint density at radius 2 is 1.67 bits per heavy atom. The fraction of sp³-hybridized carbons (Fsp3) is 0.136. The predicted octanol–water partition coefficient (Wildman–Crippen LogP) is 5.03. The van der Waals surface area contributed by atoms with Gasteiger partial charge in [0.2, 0.25) is 0 Å². The molecular weight excluding hydrogens is 397 g/mol. The monoisotopic (exact) mass is 414 g/mol. The van der Waals surface area contributed by atoms with Crippen molar-refractivity contribution in [2.24, 2.45) is 0 Å². The Hall–Kier alpha value is -3.68. The average Bonchev–Trinajstić information content (AvgIpc) is 2.99. The van der Waals surface area contributed by atoms with Crippen molar-refractivity contribution in [3.63, 3.8) is 0 Å². The van der Waals surface area contributed by atoms with Crippen LogP contribution >= 0.6 is 0 Å². The minimum atomic E-state index is -4.55. The Balaban J connectivity index is 1.97. The van der Waals surface area contributed by atoms with Crippen LogP contribution in [0.15, 0.2) is 53.3 Å². The Bertz CT molecular complexity index is 1350. The van der Waals surface area contributed by atoms with Gasteiger partial charge < -0.3 is 15.2 Å². The van der Waals surface area contributed by atoms with Gasteiger partial charge in [-0.15, -0.1) is 0 Å². The summed E-state index contributed by atoms with van der Waals surface area (Å²) in [5, 5.41) is 20.8. The maximum atomic E-state index is 13.0. The van der Waals surface area contributed by atoms with Crippen molar-refractivity contribution in [2.75, 3.05) is 0 Å². The van der Waals surface area contributed by atoms with Gasteiger partial charge in [0.25, 0.3) is 0 Å². The van der Waals surface area contributed by atoms with Gasteiger partial charge in [0.05, 0.1) is 22.3 Å². The number of phenols is 2. The zero-order chi connectivity index (χ0) is 21.8. The van der Waals surface area contributed by atoms with Crippen LogP contribution in [0.25, 0.3) is 27.8 Å². The molecule has 1 aromatic heterocycles. The molecule has 5 nitrogen and oxygen atoms in total. The van der Waals surface area contributed by atoms with Crippen LogP contribution < -0.4 is 5.69 Å². The molecule has 0 radical (unpaired) electrons. The Morgan fingerprint density at radius 3 is 2.37 bits per heavy atom. The molecule has 3 aromatic carbocycles. The summed E-state index contributed by atoms with van der Waals surface area (Å²) in [6.45, 7) is 3.80. The molecule has 154 valence electrons. The van der Waals surface area contributed by atoms with Crippen LogP contribution in [0.5, 0.6) is 11.5 Å². The second-order valence-corrected chi connectivity index (χ2v) is 7.10. The average molecular weight is 414 g/mol. The number of nitrogens with one attached hydrogen (secondary N) is 1. The lowest BCUT2D eigenvalue weighted by Crippen LogP contribution is -2.14. The number of hydrogen-bond donors (Lipinski definition) is 3. The molecule has 0 aliphatic rings.